The number of Topliss-reactive ketones (excluding diaryl/α,β-unsaturated/α-hetero) is 2. The van der Waals surface area contributed by atoms with Gasteiger partial charge in [-0.05, 0) is 23.6 Å². The summed E-state index contributed by atoms with van der Waals surface area (Å²) in [6, 6.07) is 24.9. The van der Waals surface area contributed by atoms with Crippen LogP contribution in [0.2, 0.25) is 0 Å². The van der Waals surface area contributed by atoms with Crippen molar-refractivity contribution in [3.05, 3.63) is 95.6 Å². The first kappa shape index (κ1) is 16.8. The molecule has 1 atom stereocenters. The van der Waals surface area contributed by atoms with E-state index in [1.54, 1.807) is 19.1 Å². The van der Waals surface area contributed by atoms with Gasteiger partial charge in [0.25, 0.3) is 0 Å². The third kappa shape index (κ3) is 3.58. The van der Waals surface area contributed by atoms with Crippen LogP contribution in [0, 0.1) is 0 Å². The Hall–Kier alpha value is -3.00. The molecule has 0 aliphatic heterocycles. The number of ketones is 2. The van der Waals surface area contributed by atoms with Gasteiger partial charge in [-0.2, -0.15) is 0 Å². The molecule has 0 bridgehead atoms. The zero-order chi connectivity index (χ0) is 17.8. The minimum Gasteiger partial charge on any atom is -0.295 e. The maximum atomic E-state index is 13.1. The van der Waals surface area contributed by atoms with Crippen LogP contribution in [0.5, 0.6) is 0 Å². The highest BCUT2D eigenvalue weighted by molar-refractivity contribution is 6.06. The number of carbonyl (C=O) groups excluding carboxylic acids is 2. The van der Waals surface area contributed by atoms with Crippen molar-refractivity contribution in [2.75, 3.05) is 0 Å². The molecular weight excluding hydrogens is 308 g/mol. The Morgan fingerprint density at radius 3 is 2.00 bits per heavy atom. The Kier molecular flexibility index (Phi) is 4.90. The summed E-state index contributed by atoms with van der Waals surface area (Å²) in [7, 11) is 0. The van der Waals surface area contributed by atoms with Gasteiger partial charge in [-0.25, -0.2) is 0 Å². The fourth-order valence-corrected chi connectivity index (χ4v) is 2.96. The van der Waals surface area contributed by atoms with Crippen molar-refractivity contribution in [3.63, 3.8) is 0 Å². The van der Waals surface area contributed by atoms with E-state index in [1.165, 1.54) is 0 Å². The van der Waals surface area contributed by atoms with E-state index in [0.717, 1.165) is 22.3 Å². The predicted molar refractivity (Wildman–Crippen MR) is 101 cm³/mol. The Balaban J connectivity index is 1.94. The molecule has 0 aliphatic carbocycles. The van der Waals surface area contributed by atoms with Crippen LogP contribution in [0.1, 0.15) is 46.0 Å². The smallest absolute Gasteiger partial charge is 0.170 e. The molecule has 0 N–H and O–H groups in total. The Morgan fingerprint density at radius 1 is 0.760 bits per heavy atom. The van der Waals surface area contributed by atoms with Crippen LogP contribution < -0.4 is 0 Å². The molecule has 0 amide bonds. The monoisotopic (exact) mass is 328 g/mol. The second-order valence-electron chi connectivity index (χ2n) is 6.18. The van der Waals surface area contributed by atoms with Gasteiger partial charge >= 0.3 is 0 Å². The Morgan fingerprint density at radius 2 is 1.36 bits per heavy atom. The van der Waals surface area contributed by atoms with Crippen molar-refractivity contribution in [2.45, 2.75) is 19.8 Å². The first-order valence-corrected chi connectivity index (χ1v) is 8.37. The third-order valence-electron chi connectivity index (χ3n) is 4.49. The standard InChI is InChI=1S/C23H20O2/c1-16(18-12-14-19(15-13-18)17(2)24)23(25)22-11-7-6-10-21(22)20-8-4-3-5-9-20/h3-16H,1-2H3. The molecule has 0 radical (unpaired) electrons. The average molecular weight is 328 g/mol. The van der Waals surface area contributed by atoms with Crippen molar-refractivity contribution in [1.29, 1.82) is 0 Å². The van der Waals surface area contributed by atoms with E-state index in [4.69, 9.17) is 0 Å². The third-order valence-corrected chi connectivity index (χ3v) is 4.49. The quantitative estimate of drug-likeness (QED) is 0.576. The van der Waals surface area contributed by atoms with Gasteiger partial charge in [-0.3, -0.25) is 9.59 Å². The summed E-state index contributed by atoms with van der Waals surface area (Å²) in [5, 5.41) is 0. The van der Waals surface area contributed by atoms with Crippen LogP contribution >= 0.6 is 0 Å². The van der Waals surface area contributed by atoms with E-state index >= 15 is 0 Å². The number of hydrogen-bond acceptors (Lipinski definition) is 2. The second kappa shape index (κ2) is 7.27. The topological polar surface area (TPSA) is 34.1 Å². The highest BCUT2D eigenvalue weighted by atomic mass is 16.1. The van der Waals surface area contributed by atoms with Gasteiger partial charge in [0.1, 0.15) is 0 Å². The minimum absolute atomic E-state index is 0.0277. The molecular formula is C23H20O2. The van der Waals surface area contributed by atoms with E-state index in [-0.39, 0.29) is 17.5 Å². The van der Waals surface area contributed by atoms with Crippen LogP contribution in [0.15, 0.2) is 78.9 Å². The lowest BCUT2D eigenvalue weighted by atomic mass is 9.88. The molecule has 3 aromatic carbocycles. The highest BCUT2D eigenvalue weighted by Crippen LogP contribution is 2.28. The molecule has 0 fully saturated rings. The van der Waals surface area contributed by atoms with Crippen LogP contribution in [0.25, 0.3) is 11.1 Å². The summed E-state index contributed by atoms with van der Waals surface area (Å²) in [4.78, 5) is 24.5. The summed E-state index contributed by atoms with van der Waals surface area (Å²) < 4.78 is 0. The Labute approximate surface area is 148 Å². The minimum atomic E-state index is -0.272. The van der Waals surface area contributed by atoms with Gasteiger partial charge in [0.05, 0.1) is 0 Å². The van der Waals surface area contributed by atoms with Gasteiger partial charge in [0.2, 0.25) is 0 Å². The molecule has 0 saturated heterocycles. The number of hydrogen-bond donors (Lipinski definition) is 0. The summed E-state index contributed by atoms with van der Waals surface area (Å²) in [6.45, 7) is 3.45. The van der Waals surface area contributed by atoms with E-state index in [1.807, 2.05) is 73.7 Å². The first-order chi connectivity index (χ1) is 12.1. The summed E-state index contributed by atoms with van der Waals surface area (Å²) in [6.07, 6.45) is 0. The fraction of sp³-hybridized carbons (Fsp3) is 0.130. The van der Waals surface area contributed by atoms with Crippen molar-refractivity contribution in [3.8, 4) is 11.1 Å². The maximum absolute atomic E-state index is 13.1. The second-order valence-corrected chi connectivity index (χ2v) is 6.18. The first-order valence-electron chi connectivity index (χ1n) is 8.37. The molecule has 0 spiro atoms. The molecule has 124 valence electrons. The Bertz CT molecular complexity index is 893. The molecule has 25 heavy (non-hydrogen) atoms. The lowest BCUT2D eigenvalue weighted by molar-refractivity contribution is 0.0966. The molecule has 0 aromatic heterocycles. The zero-order valence-electron chi connectivity index (χ0n) is 14.4. The molecule has 0 aliphatic rings. The maximum Gasteiger partial charge on any atom is 0.170 e. The number of benzene rings is 3. The predicted octanol–water partition coefficient (Wildman–Crippen LogP) is 5.54. The zero-order valence-corrected chi connectivity index (χ0v) is 14.4. The van der Waals surface area contributed by atoms with Gasteiger partial charge < -0.3 is 0 Å². The largest absolute Gasteiger partial charge is 0.295 e. The summed E-state index contributed by atoms with van der Waals surface area (Å²) in [5.41, 5.74) is 4.27. The number of rotatable bonds is 5. The average Bonchev–Trinajstić information content (AvgIpc) is 2.67. The number of carbonyl (C=O) groups is 2. The molecule has 0 heterocycles. The summed E-state index contributed by atoms with van der Waals surface area (Å²) >= 11 is 0. The van der Waals surface area contributed by atoms with Crippen LogP contribution in [-0.2, 0) is 0 Å². The molecule has 3 aromatic rings. The molecule has 2 nitrogen and oxygen atoms in total. The fourth-order valence-electron chi connectivity index (χ4n) is 2.96. The lowest BCUT2D eigenvalue weighted by Gasteiger charge is -2.15. The van der Waals surface area contributed by atoms with Crippen LogP contribution in [0.4, 0.5) is 0 Å². The van der Waals surface area contributed by atoms with Gasteiger partial charge in [-0.1, -0.05) is 85.8 Å². The highest BCUT2D eigenvalue weighted by Gasteiger charge is 2.20. The SMILES string of the molecule is CC(=O)c1ccc(C(C)C(=O)c2ccccc2-c2ccccc2)cc1. The van der Waals surface area contributed by atoms with Crippen molar-refractivity contribution < 1.29 is 9.59 Å². The van der Waals surface area contributed by atoms with E-state index in [2.05, 4.69) is 0 Å². The van der Waals surface area contributed by atoms with Crippen molar-refractivity contribution in [2.24, 2.45) is 0 Å². The molecule has 0 saturated carbocycles. The van der Waals surface area contributed by atoms with E-state index < -0.39 is 0 Å². The lowest BCUT2D eigenvalue weighted by Crippen LogP contribution is -2.11. The normalized spacial score (nSPS) is 11.8. The summed E-state index contributed by atoms with van der Waals surface area (Å²) in [5.74, 6) is -0.166. The van der Waals surface area contributed by atoms with Crippen molar-refractivity contribution in [1.82, 2.24) is 0 Å². The van der Waals surface area contributed by atoms with Gasteiger partial charge in [0, 0.05) is 17.0 Å². The molecule has 3 rings (SSSR count). The molecule has 1 unspecified atom stereocenters. The van der Waals surface area contributed by atoms with Crippen LogP contribution in [-0.4, -0.2) is 11.6 Å². The van der Waals surface area contributed by atoms with E-state index in [0.29, 0.717) is 5.56 Å². The van der Waals surface area contributed by atoms with Gasteiger partial charge in [0.15, 0.2) is 11.6 Å². The van der Waals surface area contributed by atoms with E-state index in [9.17, 15) is 9.59 Å². The van der Waals surface area contributed by atoms with Crippen molar-refractivity contribution >= 4 is 11.6 Å². The van der Waals surface area contributed by atoms with Gasteiger partial charge in [-0.15, -0.1) is 0 Å². The van der Waals surface area contributed by atoms with Crippen LogP contribution in [0.3, 0.4) is 0 Å². The molecule has 2 heteroatoms.